The van der Waals surface area contributed by atoms with E-state index < -0.39 is 0 Å². The molecule has 2 aliphatic heterocycles. The maximum atomic E-state index is 11.2. The summed E-state index contributed by atoms with van der Waals surface area (Å²) >= 11 is 0. The van der Waals surface area contributed by atoms with Crippen molar-refractivity contribution in [1.82, 2.24) is 0 Å². The minimum atomic E-state index is 0.132. The highest BCUT2D eigenvalue weighted by Crippen LogP contribution is 2.31. The molecule has 84 valence electrons. The van der Waals surface area contributed by atoms with Gasteiger partial charge >= 0.3 is 0 Å². The summed E-state index contributed by atoms with van der Waals surface area (Å²) in [4.78, 5) is 15.7. The van der Waals surface area contributed by atoms with Crippen LogP contribution in [0.2, 0.25) is 0 Å². The lowest BCUT2D eigenvalue weighted by atomic mass is 9.85. The SMILES string of the molecule is CC(=O)C1=NC(C)C(C2CCCO2)CC1. The van der Waals surface area contributed by atoms with Crippen molar-refractivity contribution in [2.24, 2.45) is 10.9 Å². The van der Waals surface area contributed by atoms with Crippen molar-refractivity contribution in [3.8, 4) is 0 Å². The van der Waals surface area contributed by atoms with Crippen LogP contribution in [0.5, 0.6) is 0 Å². The van der Waals surface area contributed by atoms with Crippen LogP contribution in [0.25, 0.3) is 0 Å². The Hall–Kier alpha value is -0.700. The van der Waals surface area contributed by atoms with Gasteiger partial charge in [0.2, 0.25) is 0 Å². The van der Waals surface area contributed by atoms with Crippen molar-refractivity contribution < 1.29 is 9.53 Å². The zero-order valence-corrected chi connectivity index (χ0v) is 9.53. The molecular formula is C12H19NO2. The highest BCUT2D eigenvalue weighted by molar-refractivity contribution is 6.39. The van der Waals surface area contributed by atoms with Gasteiger partial charge in [-0.1, -0.05) is 0 Å². The zero-order chi connectivity index (χ0) is 10.8. The van der Waals surface area contributed by atoms with E-state index in [4.69, 9.17) is 4.74 Å². The molecule has 3 atom stereocenters. The molecule has 0 aliphatic carbocycles. The number of hydrogen-bond donors (Lipinski definition) is 0. The third-order valence-electron chi connectivity index (χ3n) is 3.54. The lowest BCUT2D eigenvalue weighted by molar-refractivity contribution is -0.111. The van der Waals surface area contributed by atoms with Crippen molar-refractivity contribution >= 4 is 11.5 Å². The first-order chi connectivity index (χ1) is 7.18. The molecule has 2 aliphatic rings. The molecule has 3 nitrogen and oxygen atoms in total. The Morgan fingerprint density at radius 3 is 2.80 bits per heavy atom. The van der Waals surface area contributed by atoms with Crippen molar-refractivity contribution in [3.05, 3.63) is 0 Å². The molecule has 0 aromatic heterocycles. The van der Waals surface area contributed by atoms with Crippen LogP contribution in [0.3, 0.4) is 0 Å². The smallest absolute Gasteiger partial charge is 0.173 e. The van der Waals surface area contributed by atoms with Gasteiger partial charge in [-0.15, -0.1) is 0 Å². The van der Waals surface area contributed by atoms with Gasteiger partial charge in [0.1, 0.15) is 0 Å². The minimum absolute atomic E-state index is 0.132. The van der Waals surface area contributed by atoms with Crippen molar-refractivity contribution in [2.45, 2.75) is 51.7 Å². The fraction of sp³-hybridized carbons (Fsp3) is 0.833. The summed E-state index contributed by atoms with van der Waals surface area (Å²) in [6.07, 6.45) is 4.63. The summed E-state index contributed by atoms with van der Waals surface area (Å²) in [7, 11) is 0. The summed E-state index contributed by atoms with van der Waals surface area (Å²) in [6, 6.07) is 0.251. The lowest BCUT2D eigenvalue weighted by Crippen LogP contribution is -2.34. The first-order valence-electron chi connectivity index (χ1n) is 5.87. The van der Waals surface area contributed by atoms with Gasteiger partial charge in [-0.25, -0.2) is 0 Å². The number of rotatable bonds is 2. The summed E-state index contributed by atoms with van der Waals surface area (Å²) in [5.74, 6) is 0.656. The van der Waals surface area contributed by atoms with Crippen molar-refractivity contribution in [1.29, 1.82) is 0 Å². The van der Waals surface area contributed by atoms with Crippen molar-refractivity contribution in [3.63, 3.8) is 0 Å². The summed E-state index contributed by atoms with van der Waals surface area (Å²) in [6.45, 7) is 4.61. The Morgan fingerprint density at radius 2 is 2.27 bits per heavy atom. The Morgan fingerprint density at radius 1 is 1.47 bits per heavy atom. The first kappa shape index (κ1) is 10.8. The third kappa shape index (κ3) is 2.28. The Labute approximate surface area is 90.9 Å². The summed E-state index contributed by atoms with van der Waals surface area (Å²) < 4.78 is 5.70. The van der Waals surface area contributed by atoms with E-state index in [2.05, 4.69) is 11.9 Å². The van der Waals surface area contributed by atoms with Crippen LogP contribution in [-0.4, -0.2) is 30.2 Å². The van der Waals surface area contributed by atoms with E-state index >= 15 is 0 Å². The minimum Gasteiger partial charge on any atom is -0.378 e. The van der Waals surface area contributed by atoms with E-state index in [0.29, 0.717) is 12.0 Å². The summed E-state index contributed by atoms with van der Waals surface area (Å²) in [5.41, 5.74) is 0.775. The zero-order valence-electron chi connectivity index (χ0n) is 9.53. The molecule has 15 heavy (non-hydrogen) atoms. The number of Topliss-reactive ketones (excluding diaryl/α,β-unsaturated/α-hetero) is 1. The molecule has 3 unspecified atom stereocenters. The summed E-state index contributed by atoms with van der Waals surface area (Å²) in [5, 5.41) is 0. The molecule has 0 amide bonds. The number of carbonyl (C=O) groups excluding carboxylic acids is 1. The normalized spacial score (nSPS) is 36.4. The molecule has 0 N–H and O–H groups in total. The molecule has 1 saturated heterocycles. The molecule has 0 saturated carbocycles. The standard InChI is InChI=1S/C12H19NO2/c1-8-10(12-4-3-7-15-12)5-6-11(13-8)9(2)14/h8,10,12H,3-7H2,1-2H3. The fourth-order valence-electron chi connectivity index (χ4n) is 2.65. The highest BCUT2D eigenvalue weighted by Gasteiger charge is 2.33. The van der Waals surface area contributed by atoms with Crippen LogP contribution in [0.1, 0.15) is 39.5 Å². The average Bonchev–Trinajstić information content (AvgIpc) is 2.70. The molecule has 2 rings (SSSR count). The monoisotopic (exact) mass is 209 g/mol. The fourth-order valence-corrected chi connectivity index (χ4v) is 2.65. The van der Waals surface area contributed by atoms with Crippen LogP contribution in [0, 0.1) is 5.92 Å². The van der Waals surface area contributed by atoms with Gasteiger partial charge in [0.25, 0.3) is 0 Å². The van der Waals surface area contributed by atoms with Gasteiger partial charge < -0.3 is 4.74 Å². The highest BCUT2D eigenvalue weighted by atomic mass is 16.5. The molecule has 0 aromatic rings. The van der Waals surface area contributed by atoms with Gasteiger partial charge in [-0.3, -0.25) is 9.79 Å². The lowest BCUT2D eigenvalue weighted by Gasteiger charge is -2.30. The maximum absolute atomic E-state index is 11.2. The number of ether oxygens (including phenoxy) is 1. The van der Waals surface area contributed by atoms with Crippen LogP contribution >= 0.6 is 0 Å². The number of aliphatic imine (C=N–C) groups is 1. The predicted molar refractivity (Wildman–Crippen MR) is 59.3 cm³/mol. The van der Waals surface area contributed by atoms with Crippen molar-refractivity contribution in [2.75, 3.05) is 6.61 Å². The van der Waals surface area contributed by atoms with E-state index in [1.54, 1.807) is 6.92 Å². The molecule has 3 heteroatoms. The molecular weight excluding hydrogens is 190 g/mol. The van der Waals surface area contributed by atoms with Gasteiger partial charge in [0.05, 0.1) is 17.9 Å². The Bertz CT molecular complexity index is 279. The number of hydrogen-bond acceptors (Lipinski definition) is 3. The second kappa shape index (κ2) is 4.44. The maximum Gasteiger partial charge on any atom is 0.173 e. The quantitative estimate of drug-likeness (QED) is 0.697. The molecule has 0 aromatic carbocycles. The van der Waals surface area contributed by atoms with E-state index in [0.717, 1.165) is 25.2 Å². The number of nitrogens with zero attached hydrogens (tertiary/aromatic N) is 1. The molecule has 0 bridgehead atoms. The van der Waals surface area contributed by atoms with E-state index in [9.17, 15) is 4.79 Å². The molecule has 0 spiro atoms. The van der Waals surface area contributed by atoms with Gasteiger partial charge in [-0.2, -0.15) is 0 Å². The number of ketones is 1. The predicted octanol–water partition coefficient (Wildman–Crippen LogP) is 1.99. The van der Waals surface area contributed by atoms with Crippen LogP contribution < -0.4 is 0 Å². The van der Waals surface area contributed by atoms with Crippen LogP contribution in [-0.2, 0) is 9.53 Å². The third-order valence-corrected chi connectivity index (χ3v) is 3.54. The molecule has 1 fully saturated rings. The Balaban J connectivity index is 2.03. The van der Waals surface area contributed by atoms with Crippen LogP contribution in [0.15, 0.2) is 4.99 Å². The first-order valence-corrected chi connectivity index (χ1v) is 5.87. The molecule has 2 heterocycles. The second-order valence-corrected chi connectivity index (χ2v) is 4.63. The van der Waals surface area contributed by atoms with Crippen LogP contribution in [0.4, 0.5) is 0 Å². The van der Waals surface area contributed by atoms with Gasteiger partial charge in [0, 0.05) is 19.4 Å². The van der Waals surface area contributed by atoms with Gasteiger partial charge in [-0.05, 0) is 32.6 Å². The topological polar surface area (TPSA) is 38.7 Å². The molecule has 0 radical (unpaired) electrons. The average molecular weight is 209 g/mol. The van der Waals surface area contributed by atoms with E-state index in [1.165, 1.54) is 12.8 Å². The number of carbonyl (C=O) groups is 1. The van der Waals surface area contributed by atoms with E-state index in [-0.39, 0.29) is 11.8 Å². The Kier molecular flexibility index (Phi) is 3.19. The largest absolute Gasteiger partial charge is 0.378 e. The van der Waals surface area contributed by atoms with Gasteiger partial charge in [0.15, 0.2) is 5.78 Å². The second-order valence-electron chi connectivity index (χ2n) is 4.63. The van der Waals surface area contributed by atoms with E-state index in [1.807, 2.05) is 0 Å².